The van der Waals surface area contributed by atoms with Crippen molar-refractivity contribution in [2.24, 2.45) is 0 Å². The van der Waals surface area contributed by atoms with Gasteiger partial charge in [-0.2, -0.15) is 0 Å². The van der Waals surface area contributed by atoms with Crippen LogP contribution in [0.25, 0.3) is 0 Å². The number of rotatable bonds is 7. The van der Waals surface area contributed by atoms with Crippen molar-refractivity contribution in [1.29, 1.82) is 0 Å². The molecule has 0 radical (unpaired) electrons. The zero-order chi connectivity index (χ0) is 17.6. The number of benzene rings is 1. The molecule has 0 aliphatic rings. The van der Waals surface area contributed by atoms with Crippen molar-refractivity contribution in [3.8, 4) is 0 Å². The maximum atomic E-state index is 12.3. The largest absolute Gasteiger partial charge is 0.337 e. The summed E-state index contributed by atoms with van der Waals surface area (Å²) in [7, 11) is -3.58. The molecule has 0 aliphatic heterocycles. The summed E-state index contributed by atoms with van der Waals surface area (Å²) in [6.45, 7) is 4.09. The molecule has 1 N–H and O–H groups in total. The van der Waals surface area contributed by atoms with Gasteiger partial charge in [0.15, 0.2) is 0 Å². The van der Waals surface area contributed by atoms with Gasteiger partial charge in [-0.05, 0) is 36.2 Å². The van der Waals surface area contributed by atoms with Crippen LogP contribution in [0.2, 0.25) is 0 Å². The Hall–Kier alpha value is -2.25. The highest BCUT2D eigenvalue weighted by atomic mass is 32.2. The lowest BCUT2D eigenvalue weighted by Gasteiger charge is -2.21. The molecule has 0 bridgehead atoms. The topological polar surface area (TPSA) is 79.4 Å². The number of aromatic nitrogens is 1. The highest BCUT2D eigenvalue weighted by Gasteiger charge is 2.17. The molecule has 0 unspecified atom stereocenters. The lowest BCUT2D eigenvalue weighted by Crippen LogP contribution is -2.37. The fraction of sp³-hybridized carbons (Fsp3) is 0.294. The summed E-state index contributed by atoms with van der Waals surface area (Å²) in [6, 6.07) is 10.4. The molecule has 1 amide bonds. The second-order valence-electron chi connectivity index (χ2n) is 5.46. The number of amides is 1. The molecule has 0 saturated carbocycles. The van der Waals surface area contributed by atoms with Gasteiger partial charge in [0, 0.05) is 39.0 Å². The third-order valence-corrected chi connectivity index (χ3v) is 5.25. The number of nitrogens with zero attached hydrogens (tertiary/aromatic N) is 2. The van der Waals surface area contributed by atoms with E-state index in [-0.39, 0.29) is 17.3 Å². The first-order valence-electron chi connectivity index (χ1n) is 7.60. The van der Waals surface area contributed by atoms with Crippen molar-refractivity contribution in [2.75, 3.05) is 13.1 Å². The average molecular weight is 347 g/mol. The van der Waals surface area contributed by atoms with Gasteiger partial charge in [-0.3, -0.25) is 9.78 Å². The zero-order valence-corrected chi connectivity index (χ0v) is 14.6. The van der Waals surface area contributed by atoms with Crippen molar-refractivity contribution in [2.45, 2.75) is 25.3 Å². The SMILES string of the molecule is CC(=O)N(CCNS(=O)(=O)c1ccccc1C)Cc1ccncc1. The van der Waals surface area contributed by atoms with Crippen LogP contribution >= 0.6 is 0 Å². The van der Waals surface area contributed by atoms with Gasteiger partial charge in [0.2, 0.25) is 15.9 Å². The summed E-state index contributed by atoms with van der Waals surface area (Å²) < 4.78 is 27.2. The molecule has 0 saturated heterocycles. The summed E-state index contributed by atoms with van der Waals surface area (Å²) in [5, 5.41) is 0. The van der Waals surface area contributed by atoms with Crippen LogP contribution < -0.4 is 4.72 Å². The minimum atomic E-state index is -3.58. The smallest absolute Gasteiger partial charge is 0.240 e. The molecule has 7 heteroatoms. The third kappa shape index (κ3) is 4.87. The molecule has 0 spiro atoms. The Labute approximate surface area is 142 Å². The van der Waals surface area contributed by atoms with Gasteiger partial charge >= 0.3 is 0 Å². The number of sulfonamides is 1. The summed E-state index contributed by atoms with van der Waals surface area (Å²) in [5.74, 6) is -0.109. The van der Waals surface area contributed by atoms with Gasteiger partial charge < -0.3 is 4.90 Å². The first-order valence-corrected chi connectivity index (χ1v) is 9.08. The second-order valence-corrected chi connectivity index (χ2v) is 7.19. The van der Waals surface area contributed by atoms with E-state index >= 15 is 0 Å². The van der Waals surface area contributed by atoms with Gasteiger partial charge in [-0.1, -0.05) is 18.2 Å². The Balaban J connectivity index is 1.98. The van der Waals surface area contributed by atoms with E-state index in [1.54, 1.807) is 48.5 Å². The van der Waals surface area contributed by atoms with Crippen LogP contribution in [0.1, 0.15) is 18.1 Å². The molecular weight excluding hydrogens is 326 g/mol. The van der Waals surface area contributed by atoms with Crippen LogP contribution in [-0.4, -0.2) is 37.3 Å². The van der Waals surface area contributed by atoms with Gasteiger partial charge in [0.1, 0.15) is 0 Å². The predicted octanol–water partition coefficient (Wildman–Crippen LogP) is 1.72. The number of pyridine rings is 1. The fourth-order valence-corrected chi connectivity index (χ4v) is 3.57. The normalized spacial score (nSPS) is 11.2. The number of carbonyl (C=O) groups excluding carboxylic acids is 1. The van der Waals surface area contributed by atoms with Gasteiger partial charge in [0.05, 0.1) is 4.90 Å². The maximum Gasteiger partial charge on any atom is 0.240 e. The summed E-state index contributed by atoms with van der Waals surface area (Å²) >= 11 is 0. The van der Waals surface area contributed by atoms with E-state index in [4.69, 9.17) is 0 Å². The lowest BCUT2D eigenvalue weighted by atomic mass is 10.2. The van der Waals surface area contributed by atoms with Crippen LogP contribution in [0.15, 0.2) is 53.7 Å². The minimum absolute atomic E-state index is 0.109. The Morgan fingerprint density at radius 3 is 2.46 bits per heavy atom. The first kappa shape index (κ1) is 18.1. The number of carbonyl (C=O) groups is 1. The minimum Gasteiger partial charge on any atom is -0.337 e. The molecule has 2 rings (SSSR count). The molecular formula is C17H21N3O3S. The Morgan fingerprint density at radius 2 is 1.83 bits per heavy atom. The van der Waals surface area contributed by atoms with Crippen molar-refractivity contribution in [3.05, 3.63) is 59.9 Å². The predicted molar refractivity (Wildman–Crippen MR) is 91.7 cm³/mol. The summed E-state index contributed by atoms with van der Waals surface area (Å²) in [4.78, 5) is 17.6. The van der Waals surface area contributed by atoms with E-state index in [1.807, 2.05) is 12.1 Å². The highest BCUT2D eigenvalue weighted by molar-refractivity contribution is 7.89. The first-order chi connectivity index (χ1) is 11.4. The number of hydrogen-bond acceptors (Lipinski definition) is 4. The fourth-order valence-electron chi connectivity index (χ4n) is 2.31. The van der Waals surface area contributed by atoms with Crippen LogP contribution in [0, 0.1) is 6.92 Å². The van der Waals surface area contributed by atoms with Crippen molar-refractivity contribution >= 4 is 15.9 Å². The maximum absolute atomic E-state index is 12.3. The van der Waals surface area contributed by atoms with Gasteiger partial charge in [0.25, 0.3) is 0 Å². The van der Waals surface area contributed by atoms with Gasteiger partial charge in [-0.15, -0.1) is 0 Å². The standard InChI is InChI=1S/C17H21N3O3S/c1-14-5-3-4-6-17(14)24(22,23)19-11-12-20(15(2)21)13-16-7-9-18-10-8-16/h3-10,19H,11-13H2,1-2H3. The molecule has 0 aliphatic carbocycles. The Bertz CT molecular complexity index is 792. The molecule has 1 heterocycles. The van der Waals surface area contributed by atoms with E-state index in [0.29, 0.717) is 18.7 Å². The highest BCUT2D eigenvalue weighted by Crippen LogP contribution is 2.13. The summed E-state index contributed by atoms with van der Waals surface area (Å²) in [5.41, 5.74) is 1.63. The average Bonchev–Trinajstić information content (AvgIpc) is 2.55. The second kappa shape index (κ2) is 8.03. The molecule has 0 atom stereocenters. The Kier molecular flexibility index (Phi) is 6.05. The molecule has 128 valence electrons. The zero-order valence-electron chi connectivity index (χ0n) is 13.8. The van der Waals surface area contributed by atoms with Crippen LogP contribution in [0.4, 0.5) is 0 Å². The molecule has 1 aromatic carbocycles. The number of hydrogen-bond donors (Lipinski definition) is 1. The molecule has 6 nitrogen and oxygen atoms in total. The van der Waals surface area contributed by atoms with Gasteiger partial charge in [-0.25, -0.2) is 13.1 Å². The Morgan fingerprint density at radius 1 is 1.17 bits per heavy atom. The lowest BCUT2D eigenvalue weighted by molar-refractivity contribution is -0.129. The molecule has 1 aromatic heterocycles. The van der Waals surface area contributed by atoms with E-state index < -0.39 is 10.0 Å². The number of nitrogens with one attached hydrogen (secondary N) is 1. The van der Waals surface area contributed by atoms with Crippen molar-refractivity contribution in [1.82, 2.24) is 14.6 Å². The van der Waals surface area contributed by atoms with Crippen molar-refractivity contribution < 1.29 is 13.2 Å². The summed E-state index contributed by atoms with van der Waals surface area (Å²) in [6.07, 6.45) is 3.32. The molecule has 24 heavy (non-hydrogen) atoms. The number of aryl methyl sites for hydroxylation is 1. The molecule has 0 fully saturated rings. The van der Waals surface area contributed by atoms with Crippen LogP contribution in [-0.2, 0) is 21.4 Å². The van der Waals surface area contributed by atoms with E-state index in [1.165, 1.54) is 6.92 Å². The quantitative estimate of drug-likeness (QED) is 0.827. The van der Waals surface area contributed by atoms with Crippen molar-refractivity contribution in [3.63, 3.8) is 0 Å². The monoisotopic (exact) mass is 347 g/mol. The van der Waals surface area contributed by atoms with E-state index in [9.17, 15) is 13.2 Å². The van der Waals surface area contributed by atoms with Crippen LogP contribution in [0.3, 0.4) is 0 Å². The van der Waals surface area contributed by atoms with Crippen LogP contribution in [0.5, 0.6) is 0 Å². The van der Waals surface area contributed by atoms with E-state index in [2.05, 4.69) is 9.71 Å². The molecule has 2 aromatic rings. The van der Waals surface area contributed by atoms with E-state index in [0.717, 1.165) is 5.56 Å². The third-order valence-electron chi connectivity index (χ3n) is 3.63.